The summed E-state index contributed by atoms with van der Waals surface area (Å²) in [5.41, 5.74) is 0.0354. The van der Waals surface area contributed by atoms with Gasteiger partial charge in [0.25, 0.3) is 11.8 Å². The summed E-state index contributed by atoms with van der Waals surface area (Å²) in [6, 6.07) is 11.0. The first kappa shape index (κ1) is 29.3. The standard InChI is InChI=1S/C27H22ClF3N6O4S/c28-21-7-2-1-6-20(21)24(25(38)35-18-12-27(30,31)13-18)36(19-5-3-4-17(29)11-19)26(39)22-15-34-42(40,41)37(22)23-10-16(14-32)8-9-33-23/h1-11,18,22,24,34H,12-13,15H2,(H,35,38)/t22?,24-/m0/s1. The minimum absolute atomic E-state index is 0.0446. The molecule has 2 N–H and O–H groups in total. The summed E-state index contributed by atoms with van der Waals surface area (Å²) in [7, 11) is -4.35. The summed E-state index contributed by atoms with van der Waals surface area (Å²) >= 11 is 6.45. The van der Waals surface area contributed by atoms with Gasteiger partial charge in [-0.25, -0.2) is 22.5 Å². The quantitative estimate of drug-likeness (QED) is 0.416. The summed E-state index contributed by atoms with van der Waals surface area (Å²) in [6.07, 6.45) is -0.0231. The third-order valence-electron chi connectivity index (χ3n) is 6.85. The molecule has 0 radical (unpaired) electrons. The van der Waals surface area contributed by atoms with E-state index >= 15 is 0 Å². The predicted octanol–water partition coefficient (Wildman–Crippen LogP) is 3.46. The van der Waals surface area contributed by atoms with E-state index in [4.69, 9.17) is 11.6 Å². The van der Waals surface area contributed by atoms with Gasteiger partial charge in [0, 0.05) is 47.9 Å². The Hall–Kier alpha value is -4.19. The van der Waals surface area contributed by atoms with Crippen molar-refractivity contribution in [3.8, 4) is 6.07 Å². The molecule has 2 amide bonds. The lowest BCUT2D eigenvalue weighted by molar-refractivity contribution is -0.132. The lowest BCUT2D eigenvalue weighted by atomic mass is 9.87. The number of nitriles is 1. The third-order valence-corrected chi connectivity index (χ3v) is 8.69. The maximum atomic E-state index is 14.5. The van der Waals surface area contributed by atoms with E-state index in [0.29, 0.717) is 4.31 Å². The van der Waals surface area contributed by atoms with E-state index in [2.05, 4.69) is 15.0 Å². The van der Waals surface area contributed by atoms with Gasteiger partial charge in [-0.1, -0.05) is 35.9 Å². The Morgan fingerprint density at radius 2 is 1.90 bits per heavy atom. The minimum atomic E-state index is -4.35. The molecule has 1 aromatic heterocycles. The van der Waals surface area contributed by atoms with Crippen molar-refractivity contribution >= 4 is 45.1 Å². The fourth-order valence-corrected chi connectivity index (χ4v) is 6.50. The monoisotopic (exact) mass is 618 g/mol. The molecule has 5 rings (SSSR count). The van der Waals surface area contributed by atoms with E-state index in [-0.39, 0.29) is 27.7 Å². The van der Waals surface area contributed by atoms with Crippen LogP contribution in [0.15, 0.2) is 66.9 Å². The highest BCUT2D eigenvalue weighted by molar-refractivity contribution is 7.91. The zero-order chi connectivity index (χ0) is 30.2. The van der Waals surface area contributed by atoms with E-state index in [0.717, 1.165) is 17.0 Å². The van der Waals surface area contributed by atoms with Gasteiger partial charge in [-0.15, -0.1) is 0 Å². The van der Waals surface area contributed by atoms with Crippen LogP contribution >= 0.6 is 11.6 Å². The number of aromatic nitrogens is 1. The van der Waals surface area contributed by atoms with Crippen LogP contribution in [0.3, 0.4) is 0 Å². The van der Waals surface area contributed by atoms with Crippen molar-refractivity contribution in [3.05, 3.63) is 88.8 Å². The summed E-state index contributed by atoms with van der Waals surface area (Å²) in [6.45, 7) is -0.461. The molecule has 0 bridgehead atoms. The molecular weight excluding hydrogens is 597 g/mol. The third kappa shape index (κ3) is 5.76. The Balaban J connectivity index is 1.63. The molecule has 42 heavy (non-hydrogen) atoms. The van der Waals surface area contributed by atoms with Crippen LogP contribution in [0.4, 0.5) is 24.7 Å². The van der Waals surface area contributed by atoms with E-state index in [1.54, 1.807) is 12.1 Å². The lowest BCUT2D eigenvalue weighted by Crippen LogP contribution is -2.56. The smallest absolute Gasteiger partial charge is 0.303 e. The summed E-state index contributed by atoms with van der Waals surface area (Å²) < 4.78 is 70.7. The molecule has 2 heterocycles. The van der Waals surface area contributed by atoms with Gasteiger partial charge in [-0.3, -0.25) is 14.5 Å². The largest absolute Gasteiger partial charge is 0.351 e. The average molecular weight is 619 g/mol. The highest BCUT2D eigenvalue weighted by Crippen LogP contribution is 2.39. The molecule has 218 valence electrons. The summed E-state index contributed by atoms with van der Waals surface area (Å²) in [5, 5.41) is 11.9. The zero-order valence-electron chi connectivity index (χ0n) is 21.5. The molecule has 0 spiro atoms. The number of hydrogen-bond acceptors (Lipinski definition) is 6. The van der Waals surface area contributed by atoms with Gasteiger partial charge in [0.2, 0.25) is 5.91 Å². The highest BCUT2D eigenvalue weighted by Gasteiger charge is 2.49. The second kappa shape index (κ2) is 11.2. The lowest BCUT2D eigenvalue weighted by Gasteiger charge is -2.39. The fraction of sp³-hybridized carbons (Fsp3) is 0.259. The van der Waals surface area contributed by atoms with Crippen molar-refractivity contribution in [1.82, 2.24) is 15.0 Å². The molecular formula is C27H22ClF3N6O4S. The first-order valence-corrected chi connectivity index (χ1v) is 14.4. The Morgan fingerprint density at radius 1 is 1.17 bits per heavy atom. The average Bonchev–Trinajstić information content (AvgIpc) is 3.25. The van der Waals surface area contributed by atoms with Crippen molar-refractivity contribution in [2.75, 3.05) is 15.7 Å². The molecule has 1 aliphatic carbocycles. The number of pyridine rings is 1. The second-order valence-electron chi connectivity index (χ2n) is 9.76. The van der Waals surface area contributed by atoms with Gasteiger partial charge in [-0.2, -0.15) is 18.4 Å². The number of benzene rings is 2. The van der Waals surface area contributed by atoms with Gasteiger partial charge in [0.15, 0.2) is 0 Å². The number of alkyl halides is 2. The van der Waals surface area contributed by atoms with Crippen molar-refractivity contribution in [3.63, 3.8) is 0 Å². The molecule has 1 unspecified atom stereocenters. The molecule has 2 atom stereocenters. The first-order chi connectivity index (χ1) is 19.9. The topological polar surface area (TPSA) is 136 Å². The summed E-state index contributed by atoms with van der Waals surface area (Å²) in [5.74, 6) is -5.82. The van der Waals surface area contributed by atoms with Crippen LogP contribution in [0, 0.1) is 17.1 Å². The van der Waals surface area contributed by atoms with Crippen molar-refractivity contribution in [2.45, 2.75) is 36.9 Å². The molecule has 1 saturated carbocycles. The Labute approximate surface area is 243 Å². The van der Waals surface area contributed by atoms with Gasteiger partial charge in [0.1, 0.15) is 23.7 Å². The first-order valence-electron chi connectivity index (χ1n) is 12.6. The van der Waals surface area contributed by atoms with Gasteiger partial charge < -0.3 is 5.32 Å². The van der Waals surface area contributed by atoms with Crippen LogP contribution in [-0.2, 0) is 19.8 Å². The van der Waals surface area contributed by atoms with Crippen LogP contribution in [0.2, 0.25) is 5.02 Å². The maximum Gasteiger partial charge on any atom is 0.303 e. The van der Waals surface area contributed by atoms with Gasteiger partial charge in [0.05, 0.1) is 11.6 Å². The van der Waals surface area contributed by atoms with Crippen LogP contribution in [0.1, 0.15) is 30.0 Å². The number of amides is 2. The second-order valence-corrected chi connectivity index (χ2v) is 11.8. The van der Waals surface area contributed by atoms with Crippen LogP contribution in [0.5, 0.6) is 0 Å². The SMILES string of the molecule is N#Cc1ccnc(N2C(C(=O)N(c3cccc(F)c3)[C@H](C(=O)NC3CC(F)(F)C3)c3ccccc3Cl)CNS2(=O)=O)c1. The highest BCUT2D eigenvalue weighted by atomic mass is 35.5. The van der Waals surface area contributed by atoms with Gasteiger partial charge in [-0.05, 0) is 36.4 Å². The normalized spacial score (nSPS) is 19.8. The molecule has 3 aromatic rings. The number of nitrogens with one attached hydrogen (secondary N) is 2. The maximum absolute atomic E-state index is 14.5. The molecule has 10 nitrogen and oxygen atoms in total. The van der Waals surface area contributed by atoms with Crippen LogP contribution in [-0.4, -0.2) is 49.8 Å². The number of carbonyl (C=O) groups excluding carboxylic acids is 2. The van der Waals surface area contributed by atoms with Crippen molar-refractivity contribution < 1.29 is 31.2 Å². The number of carbonyl (C=O) groups is 2. The number of halogens is 4. The minimum Gasteiger partial charge on any atom is -0.351 e. The molecule has 2 fully saturated rings. The van der Waals surface area contributed by atoms with E-state index in [9.17, 15) is 36.4 Å². The number of hydrogen-bond donors (Lipinski definition) is 2. The van der Waals surface area contributed by atoms with Crippen LogP contribution in [0.25, 0.3) is 0 Å². The molecule has 1 saturated heterocycles. The number of nitrogens with zero attached hydrogens (tertiary/aromatic N) is 4. The molecule has 2 aliphatic rings. The predicted molar refractivity (Wildman–Crippen MR) is 146 cm³/mol. The summed E-state index contributed by atoms with van der Waals surface area (Å²) in [4.78, 5) is 33.1. The fourth-order valence-electron chi connectivity index (χ4n) is 4.91. The Kier molecular flexibility index (Phi) is 7.84. The Bertz CT molecular complexity index is 1690. The van der Waals surface area contributed by atoms with E-state index in [1.165, 1.54) is 42.6 Å². The molecule has 15 heteroatoms. The number of rotatable bonds is 7. The van der Waals surface area contributed by atoms with E-state index < -0.39 is 71.3 Å². The van der Waals surface area contributed by atoms with Crippen molar-refractivity contribution in [1.29, 1.82) is 5.26 Å². The number of anilines is 2. The van der Waals surface area contributed by atoms with Crippen LogP contribution < -0.4 is 19.2 Å². The zero-order valence-corrected chi connectivity index (χ0v) is 23.1. The van der Waals surface area contributed by atoms with Gasteiger partial charge >= 0.3 is 10.2 Å². The van der Waals surface area contributed by atoms with Crippen molar-refractivity contribution in [2.24, 2.45) is 0 Å². The van der Waals surface area contributed by atoms with E-state index in [1.807, 2.05) is 6.07 Å². The Morgan fingerprint density at radius 3 is 2.57 bits per heavy atom. The molecule has 2 aromatic carbocycles. The molecule has 1 aliphatic heterocycles.